The molecule has 0 aliphatic carbocycles. The molecule has 0 rings (SSSR count). The van der Waals surface area contributed by atoms with Crippen LogP contribution in [0.4, 0.5) is 0 Å². The topological polar surface area (TPSA) is 106 Å². The molecule has 0 fully saturated rings. The molecule has 0 saturated carbocycles. The summed E-state index contributed by atoms with van der Waals surface area (Å²) in [5.74, 6) is 0.0208. The van der Waals surface area contributed by atoms with Gasteiger partial charge in [0, 0.05) is 0 Å². The van der Waals surface area contributed by atoms with Crippen LogP contribution in [0.1, 0.15) is 6.92 Å². The van der Waals surface area contributed by atoms with Crippen molar-refractivity contribution in [3.63, 3.8) is 0 Å². The fourth-order valence-corrected chi connectivity index (χ4v) is 0. The number of hydrogen-bond donors (Lipinski definition) is 2. The molecule has 0 aliphatic rings. The van der Waals surface area contributed by atoms with E-state index in [1.807, 2.05) is 0 Å². The van der Waals surface area contributed by atoms with Crippen molar-refractivity contribution < 1.29 is 16.8 Å². The summed E-state index contributed by atoms with van der Waals surface area (Å²) in [6, 6.07) is 0. The van der Waals surface area contributed by atoms with Crippen LogP contribution in [-0.4, -0.2) is 35.9 Å². The molecule has 0 aliphatic heterocycles. The zero-order chi connectivity index (χ0) is 10.4. The second-order valence-corrected chi connectivity index (χ2v) is 5.78. The molecule has 3 N–H and O–H groups in total. The largest absolute Gasteiger partial charge is 0.229 e. The van der Waals surface area contributed by atoms with Gasteiger partial charge in [-0.1, -0.05) is 0 Å². The minimum atomic E-state index is -3.16. The Bertz CT molecular complexity index is 259. The normalized spacial score (nSPS) is 11.7. The Balaban J connectivity index is 0. The summed E-state index contributed by atoms with van der Waals surface area (Å²) < 4.78 is 41.4. The molecule has 0 spiro atoms. The first-order chi connectivity index (χ1) is 5.12. The second kappa shape index (κ2) is 5.46. The highest BCUT2D eigenvalue weighted by atomic mass is 32.2. The molecule has 0 saturated heterocycles. The van der Waals surface area contributed by atoms with E-state index < -0.39 is 20.0 Å². The predicted octanol–water partition coefficient (Wildman–Crippen LogP) is -1.54. The molecule has 0 aromatic rings. The summed E-state index contributed by atoms with van der Waals surface area (Å²) in [4.78, 5) is 0. The zero-order valence-electron chi connectivity index (χ0n) is 7.23. The first kappa shape index (κ1) is 14.3. The van der Waals surface area contributed by atoms with Crippen LogP contribution in [0, 0.1) is 0 Å². The van der Waals surface area contributed by atoms with Crippen molar-refractivity contribution in [1.82, 2.24) is 4.72 Å². The van der Waals surface area contributed by atoms with Crippen molar-refractivity contribution in [2.45, 2.75) is 6.92 Å². The third kappa shape index (κ3) is 22.6. The highest BCUT2D eigenvalue weighted by Gasteiger charge is 1.91. The van der Waals surface area contributed by atoms with Crippen molar-refractivity contribution in [3.05, 3.63) is 0 Å². The molecular weight excluding hydrogens is 204 g/mol. The highest BCUT2D eigenvalue weighted by Crippen LogP contribution is 1.68. The Hall–Kier alpha value is -0.180. The molecule has 0 heterocycles. The lowest BCUT2D eigenvalue weighted by Gasteiger charge is -1.85. The van der Waals surface area contributed by atoms with Gasteiger partial charge in [0.05, 0.1) is 12.0 Å². The Morgan fingerprint density at radius 3 is 1.42 bits per heavy atom. The fraction of sp³-hybridized carbons (Fsp3) is 1.00. The highest BCUT2D eigenvalue weighted by molar-refractivity contribution is 7.89. The van der Waals surface area contributed by atoms with E-state index in [4.69, 9.17) is 0 Å². The number of sulfonamides is 2. The SMILES string of the molecule is CCS(N)(=O)=O.CNS(C)(=O)=O. The molecule has 0 bridgehead atoms. The average molecular weight is 218 g/mol. The maximum Gasteiger partial charge on any atom is 0.208 e. The first-order valence-electron chi connectivity index (χ1n) is 3.01. The van der Waals surface area contributed by atoms with Gasteiger partial charge in [0.25, 0.3) is 0 Å². The molecule has 0 atom stereocenters. The molecule has 0 aromatic carbocycles. The van der Waals surface area contributed by atoms with Gasteiger partial charge in [-0.05, 0) is 14.0 Å². The Morgan fingerprint density at radius 1 is 1.25 bits per heavy atom. The molecule has 8 heteroatoms. The number of nitrogens with one attached hydrogen (secondary N) is 1. The van der Waals surface area contributed by atoms with Gasteiger partial charge in [-0.2, -0.15) is 0 Å². The molecule has 0 radical (unpaired) electrons. The summed E-state index contributed by atoms with van der Waals surface area (Å²) in [5, 5.41) is 4.51. The van der Waals surface area contributed by atoms with Crippen LogP contribution in [0.2, 0.25) is 0 Å². The van der Waals surface area contributed by atoms with Crippen LogP contribution in [0.25, 0.3) is 0 Å². The van der Waals surface area contributed by atoms with Crippen molar-refractivity contribution in [2.75, 3.05) is 19.1 Å². The van der Waals surface area contributed by atoms with E-state index >= 15 is 0 Å². The van der Waals surface area contributed by atoms with Gasteiger partial charge in [0.15, 0.2) is 0 Å². The number of hydrogen-bond acceptors (Lipinski definition) is 4. The van der Waals surface area contributed by atoms with Gasteiger partial charge in [0.2, 0.25) is 20.0 Å². The van der Waals surface area contributed by atoms with Crippen molar-refractivity contribution in [3.8, 4) is 0 Å². The lowest BCUT2D eigenvalue weighted by atomic mass is 11.0. The summed E-state index contributed by atoms with van der Waals surface area (Å²) in [5.41, 5.74) is 0. The van der Waals surface area contributed by atoms with Crippen molar-refractivity contribution in [2.24, 2.45) is 5.14 Å². The van der Waals surface area contributed by atoms with Crippen LogP contribution < -0.4 is 9.86 Å². The third-order valence-corrected chi connectivity index (χ3v) is 2.32. The summed E-state index contributed by atoms with van der Waals surface area (Å²) in [6.07, 6.45) is 1.10. The van der Waals surface area contributed by atoms with E-state index in [1.165, 1.54) is 14.0 Å². The minimum absolute atomic E-state index is 0.0208. The van der Waals surface area contributed by atoms with Gasteiger partial charge in [0.1, 0.15) is 0 Å². The molecule has 12 heavy (non-hydrogen) atoms. The van der Waals surface area contributed by atoms with Crippen LogP contribution in [0.3, 0.4) is 0 Å². The van der Waals surface area contributed by atoms with E-state index in [9.17, 15) is 16.8 Å². The fourth-order valence-electron chi connectivity index (χ4n) is 0. The van der Waals surface area contributed by atoms with Crippen molar-refractivity contribution in [1.29, 1.82) is 0 Å². The molecular formula is C4H14N2O4S2. The monoisotopic (exact) mass is 218 g/mol. The van der Waals surface area contributed by atoms with E-state index in [1.54, 1.807) is 0 Å². The maximum atomic E-state index is 9.89. The molecule has 0 amide bonds. The van der Waals surface area contributed by atoms with E-state index in [2.05, 4.69) is 9.86 Å². The van der Waals surface area contributed by atoms with Gasteiger partial charge < -0.3 is 0 Å². The van der Waals surface area contributed by atoms with Crippen LogP contribution in [-0.2, 0) is 20.0 Å². The Kier molecular flexibility index (Phi) is 6.53. The first-order valence-corrected chi connectivity index (χ1v) is 6.62. The van der Waals surface area contributed by atoms with Gasteiger partial charge in [-0.15, -0.1) is 0 Å². The third-order valence-electron chi connectivity index (χ3n) is 0.773. The Labute approximate surface area is 73.3 Å². The van der Waals surface area contributed by atoms with E-state index in [0.29, 0.717) is 0 Å². The summed E-state index contributed by atoms with van der Waals surface area (Å²) in [6.45, 7) is 1.50. The maximum absolute atomic E-state index is 9.89. The van der Waals surface area contributed by atoms with Gasteiger partial charge in [-0.25, -0.2) is 26.7 Å². The summed E-state index contributed by atoms with van der Waals surface area (Å²) in [7, 11) is -4.70. The molecule has 76 valence electrons. The second-order valence-electron chi connectivity index (χ2n) is 1.93. The average Bonchev–Trinajstić information content (AvgIpc) is 1.86. The number of rotatable bonds is 2. The Morgan fingerprint density at radius 2 is 1.42 bits per heavy atom. The molecule has 0 aromatic heterocycles. The van der Waals surface area contributed by atoms with Crippen LogP contribution in [0.15, 0.2) is 0 Å². The standard InChI is InChI=1S/2C2H7NO2S/c1-3-6(2,4)5;1-2-6(3,4)5/h3H,1-2H3;2H2,1H3,(H2,3,4,5). The number of primary sulfonamides is 1. The quantitative estimate of drug-likeness (QED) is 0.585. The minimum Gasteiger partial charge on any atom is -0.229 e. The molecule has 6 nitrogen and oxygen atoms in total. The molecule has 0 unspecified atom stereocenters. The lowest BCUT2D eigenvalue weighted by molar-refractivity contribution is 0.593. The zero-order valence-corrected chi connectivity index (χ0v) is 8.87. The van der Waals surface area contributed by atoms with Crippen LogP contribution in [0.5, 0.6) is 0 Å². The predicted molar refractivity (Wildman–Crippen MR) is 47.6 cm³/mol. The lowest BCUT2D eigenvalue weighted by Crippen LogP contribution is -2.15. The van der Waals surface area contributed by atoms with E-state index in [-0.39, 0.29) is 5.75 Å². The van der Waals surface area contributed by atoms with Crippen LogP contribution >= 0.6 is 0 Å². The van der Waals surface area contributed by atoms with Crippen molar-refractivity contribution >= 4 is 20.0 Å². The van der Waals surface area contributed by atoms with Gasteiger partial charge in [-0.3, -0.25) is 0 Å². The van der Waals surface area contributed by atoms with E-state index in [0.717, 1.165) is 6.26 Å². The smallest absolute Gasteiger partial charge is 0.208 e. The summed E-state index contributed by atoms with van der Waals surface area (Å²) >= 11 is 0. The van der Waals surface area contributed by atoms with Gasteiger partial charge >= 0.3 is 0 Å². The number of nitrogens with two attached hydrogens (primary N) is 1.